The second kappa shape index (κ2) is 7.88. The first kappa shape index (κ1) is 20.0. The average Bonchev–Trinajstić information content (AvgIpc) is 2.20. The third kappa shape index (κ3) is 9.87. The van der Waals surface area contributed by atoms with Crippen LogP contribution in [0.4, 0.5) is 0 Å². The Kier molecular flexibility index (Phi) is 7.90. The Bertz CT molecular complexity index is 317. The van der Waals surface area contributed by atoms with Gasteiger partial charge in [-0.15, -0.1) is 0 Å². The van der Waals surface area contributed by atoms with Crippen molar-refractivity contribution in [2.75, 3.05) is 0 Å². The fraction of sp³-hybridized carbons (Fsp3) is 0.923. The van der Waals surface area contributed by atoms with Crippen LogP contribution in [0.3, 0.4) is 0 Å². The van der Waals surface area contributed by atoms with Crippen LogP contribution in [-0.2, 0) is 13.0 Å². The fourth-order valence-corrected chi connectivity index (χ4v) is 16.5. The van der Waals surface area contributed by atoms with Crippen molar-refractivity contribution in [1.82, 2.24) is 0 Å². The Labute approximate surface area is 127 Å². The second-order valence-electron chi connectivity index (χ2n) is 7.12. The molecule has 0 aliphatic rings. The second-order valence-corrected chi connectivity index (χ2v) is 19.6. The highest BCUT2D eigenvalue weighted by molar-refractivity contribution is 6.87. The van der Waals surface area contributed by atoms with Gasteiger partial charge in [0.15, 0.2) is 16.6 Å². The highest BCUT2D eigenvalue weighted by Gasteiger charge is 2.39. The van der Waals surface area contributed by atoms with Gasteiger partial charge in [-0.05, 0) is 51.4 Å². The molecule has 0 aromatic rings. The van der Waals surface area contributed by atoms with Gasteiger partial charge in [-0.3, -0.25) is 4.79 Å². The van der Waals surface area contributed by atoms with E-state index in [1.54, 1.807) is 0 Å². The summed E-state index contributed by atoms with van der Waals surface area (Å²) >= 11 is 0. The van der Waals surface area contributed by atoms with E-state index in [0.29, 0.717) is 6.04 Å². The molecule has 0 atom stereocenters. The molecule has 7 heteroatoms. The van der Waals surface area contributed by atoms with Crippen molar-refractivity contribution < 1.29 is 18.1 Å². The van der Waals surface area contributed by atoms with Crippen molar-refractivity contribution in [2.24, 2.45) is 0 Å². The number of unbranched alkanes of at least 4 members (excludes halogenated alkanes) is 1. The molecule has 0 fully saturated rings. The van der Waals surface area contributed by atoms with E-state index in [-0.39, 0.29) is 6.42 Å². The normalized spacial score (nSPS) is 13.6. The first-order valence-electron chi connectivity index (χ1n) is 7.51. The SMILES string of the molecule is CCCC[Si](C)(C)O[Si](C)(C)O[Si](C)(C)CCC(=O)O. The Morgan fingerprint density at radius 3 is 1.80 bits per heavy atom. The molecule has 1 N–H and O–H groups in total. The maximum absolute atomic E-state index is 10.7. The molecule has 0 heterocycles. The molecule has 0 unspecified atom stereocenters. The lowest BCUT2D eigenvalue weighted by Crippen LogP contribution is -2.52. The first-order chi connectivity index (χ1) is 8.89. The van der Waals surface area contributed by atoms with Crippen LogP contribution in [0.2, 0.25) is 51.4 Å². The third-order valence-electron chi connectivity index (χ3n) is 3.12. The van der Waals surface area contributed by atoms with Crippen molar-refractivity contribution in [2.45, 2.75) is 77.6 Å². The summed E-state index contributed by atoms with van der Waals surface area (Å²) in [5, 5.41) is 8.81. The number of carboxylic acids is 1. The largest absolute Gasteiger partial charge is 0.481 e. The molecule has 0 aliphatic carbocycles. The molecule has 0 rings (SSSR count). The molecule has 0 radical (unpaired) electrons. The maximum atomic E-state index is 10.7. The van der Waals surface area contributed by atoms with Gasteiger partial charge in [0.05, 0.1) is 0 Å². The van der Waals surface area contributed by atoms with Gasteiger partial charge in [-0.25, -0.2) is 0 Å². The third-order valence-corrected chi connectivity index (χ3v) is 14.5. The zero-order valence-electron chi connectivity index (χ0n) is 14.2. The van der Waals surface area contributed by atoms with Crippen LogP contribution in [0.1, 0.15) is 26.2 Å². The lowest BCUT2D eigenvalue weighted by molar-refractivity contribution is -0.136. The minimum Gasteiger partial charge on any atom is -0.481 e. The standard InChI is InChI=1S/C13H32O4Si3/c1-8-9-11-18(2,3)16-20(6,7)17-19(4,5)12-10-13(14)15/h8-12H2,1-7H3,(H,14,15). The highest BCUT2D eigenvalue weighted by atomic mass is 28.5. The lowest BCUT2D eigenvalue weighted by Gasteiger charge is -2.38. The van der Waals surface area contributed by atoms with Crippen LogP contribution in [-0.4, -0.2) is 36.3 Å². The predicted molar refractivity (Wildman–Crippen MR) is 91.4 cm³/mol. The van der Waals surface area contributed by atoms with E-state index < -0.39 is 31.2 Å². The molecule has 120 valence electrons. The number of hydrogen-bond acceptors (Lipinski definition) is 3. The fourth-order valence-electron chi connectivity index (χ4n) is 2.46. The van der Waals surface area contributed by atoms with Crippen molar-refractivity contribution >= 4 is 31.2 Å². The van der Waals surface area contributed by atoms with E-state index in [1.165, 1.54) is 18.9 Å². The number of hydrogen-bond donors (Lipinski definition) is 1. The van der Waals surface area contributed by atoms with E-state index in [9.17, 15) is 4.79 Å². The monoisotopic (exact) mass is 336 g/mol. The lowest BCUT2D eigenvalue weighted by atomic mass is 10.4. The molecule has 0 saturated carbocycles. The molecule has 0 aromatic heterocycles. The summed E-state index contributed by atoms with van der Waals surface area (Å²) in [7, 11) is -5.78. The molecular formula is C13H32O4Si3. The Morgan fingerprint density at radius 2 is 1.40 bits per heavy atom. The van der Waals surface area contributed by atoms with E-state index in [1.807, 2.05) is 0 Å². The average molecular weight is 337 g/mol. The number of carbonyl (C=O) groups is 1. The van der Waals surface area contributed by atoms with E-state index >= 15 is 0 Å². The summed E-state index contributed by atoms with van der Waals surface area (Å²) in [5.41, 5.74) is 0. The number of carboxylic acid groups (broad SMARTS) is 1. The molecule has 0 aliphatic heterocycles. The van der Waals surface area contributed by atoms with Gasteiger partial charge in [0.1, 0.15) is 0 Å². The van der Waals surface area contributed by atoms with Crippen LogP contribution in [0.5, 0.6) is 0 Å². The Morgan fingerprint density at radius 1 is 0.950 bits per heavy atom. The summed E-state index contributed by atoms with van der Waals surface area (Å²) in [5.74, 6) is -0.743. The van der Waals surface area contributed by atoms with Crippen molar-refractivity contribution in [3.05, 3.63) is 0 Å². The molecule has 0 saturated heterocycles. The van der Waals surface area contributed by atoms with Crippen molar-refractivity contribution in [3.8, 4) is 0 Å². The van der Waals surface area contributed by atoms with Crippen molar-refractivity contribution in [3.63, 3.8) is 0 Å². The molecule has 0 aromatic carbocycles. The van der Waals surface area contributed by atoms with Gasteiger partial charge >= 0.3 is 14.5 Å². The topological polar surface area (TPSA) is 55.8 Å². The highest BCUT2D eigenvalue weighted by Crippen LogP contribution is 2.26. The van der Waals surface area contributed by atoms with Gasteiger partial charge in [0.2, 0.25) is 0 Å². The van der Waals surface area contributed by atoms with Crippen LogP contribution in [0.25, 0.3) is 0 Å². The summed E-state index contributed by atoms with van der Waals surface area (Å²) < 4.78 is 12.7. The molecule has 4 nitrogen and oxygen atoms in total. The minimum absolute atomic E-state index is 0.195. The summed E-state index contributed by atoms with van der Waals surface area (Å²) in [6.45, 7) is 15.1. The Hall–Kier alpha value is 0.0406. The zero-order chi connectivity index (χ0) is 16.0. The maximum Gasteiger partial charge on any atom is 0.311 e. The molecule has 0 bridgehead atoms. The summed E-state index contributed by atoms with van der Waals surface area (Å²) in [6.07, 6.45) is 2.60. The van der Waals surface area contributed by atoms with Gasteiger partial charge in [-0.1, -0.05) is 19.8 Å². The summed E-state index contributed by atoms with van der Waals surface area (Å²) in [6, 6.07) is 1.82. The number of aliphatic carboxylic acids is 1. The van der Waals surface area contributed by atoms with Crippen LogP contribution in [0, 0.1) is 0 Å². The van der Waals surface area contributed by atoms with Crippen LogP contribution >= 0.6 is 0 Å². The predicted octanol–water partition coefficient (Wildman–Crippen LogP) is 4.41. The van der Waals surface area contributed by atoms with E-state index in [2.05, 4.69) is 46.2 Å². The molecule has 0 amide bonds. The number of rotatable bonds is 10. The quantitative estimate of drug-likeness (QED) is 0.600. The van der Waals surface area contributed by atoms with Gasteiger partial charge in [-0.2, -0.15) is 0 Å². The molecular weight excluding hydrogens is 304 g/mol. The van der Waals surface area contributed by atoms with Gasteiger partial charge in [0, 0.05) is 6.42 Å². The smallest absolute Gasteiger partial charge is 0.311 e. The first-order valence-corrected chi connectivity index (χ1v) is 16.6. The van der Waals surface area contributed by atoms with Crippen LogP contribution < -0.4 is 0 Å². The van der Waals surface area contributed by atoms with Crippen molar-refractivity contribution in [1.29, 1.82) is 0 Å². The van der Waals surface area contributed by atoms with Gasteiger partial charge in [0.25, 0.3) is 0 Å². The summed E-state index contributed by atoms with van der Waals surface area (Å²) in [4.78, 5) is 10.7. The van der Waals surface area contributed by atoms with E-state index in [0.717, 1.165) is 0 Å². The van der Waals surface area contributed by atoms with E-state index in [4.69, 9.17) is 13.3 Å². The zero-order valence-corrected chi connectivity index (χ0v) is 17.2. The Balaban J connectivity index is 4.52. The minimum atomic E-state index is -2.17. The molecule has 20 heavy (non-hydrogen) atoms. The van der Waals surface area contributed by atoms with Gasteiger partial charge < -0.3 is 13.3 Å². The van der Waals surface area contributed by atoms with Crippen LogP contribution in [0.15, 0.2) is 0 Å². The molecule has 0 spiro atoms.